The SMILES string of the molecule is CC(C)NCc1cccc2cn[nH]c12. The second-order valence-electron chi connectivity index (χ2n) is 3.79. The van der Waals surface area contributed by atoms with Crippen molar-refractivity contribution in [3.05, 3.63) is 30.0 Å². The van der Waals surface area contributed by atoms with Gasteiger partial charge in [-0.1, -0.05) is 32.0 Å². The van der Waals surface area contributed by atoms with E-state index < -0.39 is 0 Å². The molecule has 3 nitrogen and oxygen atoms in total. The molecular formula is C11H15N3. The van der Waals surface area contributed by atoms with Gasteiger partial charge in [0.05, 0.1) is 11.7 Å². The largest absolute Gasteiger partial charge is 0.310 e. The van der Waals surface area contributed by atoms with Gasteiger partial charge in [0.2, 0.25) is 0 Å². The number of para-hydroxylation sites is 1. The van der Waals surface area contributed by atoms with Crippen LogP contribution in [0.25, 0.3) is 10.9 Å². The number of fused-ring (bicyclic) bond motifs is 1. The lowest BCUT2D eigenvalue weighted by atomic mass is 10.1. The molecule has 0 fully saturated rings. The standard InChI is InChI=1S/C11H15N3/c1-8(2)12-6-9-4-3-5-10-7-13-14-11(9)10/h3-5,7-8,12H,6H2,1-2H3,(H,13,14). The first-order chi connectivity index (χ1) is 6.77. The average molecular weight is 189 g/mol. The van der Waals surface area contributed by atoms with E-state index in [0.717, 1.165) is 12.1 Å². The van der Waals surface area contributed by atoms with Crippen LogP contribution in [0, 0.1) is 0 Å². The minimum atomic E-state index is 0.508. The lowest BCUT2D eigenvalue weighted by Gasteiger charge is -2.08. The first-order valence-electron chi connectivity index (χ1n) is 4.91. The smallest absolute Gasteiger partial charge is 0.0695 e. The minimum absolute atomic E-state index is 0.508. The van der Waals surface area contributed by atoms with Crippen molar-refractivity contribution in [2.45, 2.75) is 26.4 Å². The molecule has 1 heterocycles. The van der Waals surface area contributed by atoms with Crippen LogP contribution in [-0.4, -0.2) is 16.2 Å². The van der Waals surface area contributed by atoms with Crippen LogP contribution in [0.3, 0.4) is 0 Å². The highest BCUT2D eigenvalue weighted by atomic mass is 15.1. The normalized spacial score (nSPS) is 11.4. The lowest BCUT2D eigenvalue weighted by molar-refractivity contribution is 0.590. The number of H-pyrrole nitrogens is 1. The molecule has 0 aliphatic rings. The van der Waals surface area contributed by atoms with Crippen molar-refractivity contribution >= 4 is 10.9 Å². The van der Waals surface area contributed by atoms with Gasteiger partial charge >= 0.3 is 0 Å². The van der Waals surface area contributed by atoms with E-state index in [1.807, 2.05) is 6.20 Å². The minimum Gasteiger partial charge on any atom is -0.310 e. The van der Waals surface area contributed by atoms with E-state index in [4.69, 9.17) is 0 Å². The molecule has 0 aliphatic carbocycles. The van der Waals surface area contributed by atoms with Gasteiger partial charge in [0, 0.05) is 18.0 Å². The summed E-state index contributed by atoms with van der Waals surface area (Å²) in [6.07, 6.45) is 1.86. The third kappa shape index (κ3) is 1.77. The van der Waals surface area contributed by atoms with Gasteiger partial charge in [-0.15, -0.1) is 0 Å². The fourth-order valence-corrected chi connectivity index (χ4v) is 1.49. The monoisotopic (exact) mass is 189 g/mol. The molecular weight excluding hydrogens is 174 g/mol. The summed E-state index contributed by atoms with van der Waals surface area (Å²) in [6, 6.07) is 6.76. The molecule has 0 unspecified atom stereocenters. The molecule has 0 saturated carbocycles. The number of hydrogen-bond donors (Lipinski definition) is 2. The fourth-order valence-electron chi connectivity index (χ4n) is 1.49. The van der Waals surface area contributed by atoms with E-state index in [1.165, 1.54) is 10.9 Å². The van der Waals surface area contributed by atoms with Crippen molar-refractivity contribution in [3.8, 4) is 0 Å². The highest BCUT2D eigenvalue weighted by Gasteiger charge is 2.02. The zero-order valence-electron chi connectivity index (χ0n) is 8.54. The quantitative estimate of drug-likeness (QED) is 0.776. The van der Waals surface area contributed by atoms with Gasteiger partial charge in [0.1, 0.15) is 0 Å². The first kappa shape index (κ1) is 9.21. The summed E-state index contributed by atoms with van der Waals surface area (Å²) in [6.45, 7) is 5.18. The molecule has 1 aromatic carbocycles. The zero-order chi connectivity index (χ0) is 9.97. The van der Waals surface area contributed by atoms with Gasteiger partial charge < -0.3 is 5.32 Å². The van der Waals surface area contributed by atoms with Crippen LogP contribution in [0.1, 0.15) is 19.4 Å². The highest BCUT2D eigenvalue weighted by Crippen LogP contribution is 2.15. The third-order valence-electron chi connectivity index (χ3n) is 2.26. The molecule has 0 atom stereocenters. The van der Waals surface area contributed by atoms with Gasteiger partial charge in [-0.2, -0.15) is 5.10 Å². The van der Waals surface area contributed by atoms with E-state index in [9.17, 15) is 0 Å². The van der Waals surface area contributed by atoms with Gasteiger partial charge in [-0.3, -0.25) is 5.10 Å². The van der Waals surface area contributed by atoms with Gasteiger partial charge in [0.15, 0.2) is 0 Å². The second kappa shape index (κ2) is 3.80. The Bertz CT molecular complexity index is 417. The van der Waals surface area contributed by atoms with Crippen molar-refractivity contribution in [3.63, 3.8) is 0 Å². The van der Waals surface area contributed by atoms with Crippen LogP contribution >= 0.6 is 0 Å². The lowest BCUT2D eigenvalue weighted by Crippen LogP contribution is -2.21. The summed E-state index contributed by atoms with van der Waals surface area (Å²) in [5.41, 5.74) is 2.41. The maximum Gasteiger partial charge on any atom is 0.0695 e. The Balaban J connectivity index is 2.27. The Labute approximate surface area is 83.5 Å². The summed E-state index contributed by atoms with van der Waals surface area (Å²) >= 11 is 0. The molecule has 2 N–H and O–H groups in total. The van der Waals surface area contributed by atoms with Crippen molar-refractivity contribution in [2.75, 3.05) is 0 Å². The van der Waals surface area contributed by atoms with Crippen LogP contribution in [0.5, 0.6) is 0 Å². The molecule has 0 radical (unpaired) electrons. The average Bonchev–Trinajstić information content (AvgIpc) is 2.62. The number of rotatable bonds is 3. The molecule has 0 amide bonds. The summed E-state index contributed by atoms with van der Waals surface area (Å²) < 4.78 is 0. The van der Waals surface area contributed by atoms with Crippen molar-refractivity contribution in [2.24, 2.45) is 0 Å². The predicted octanol–water partition coefficient (Wildman–Crippen LogP) is 2.06. The Kier molecular flexibility index (Phi) is 2.50. The molecule has 0 spiro atoms. The van der Waals surface area contributed by atoms with Crippen LogP contribution in [0.15, 0.2) is 24.4 Å². The van der Waals surface area contributed by atoms with Crippen LogP contribution in [0.2, 0.25) is 0 Å². The Hall–Kier alpha value is -1.35. The van der Waals surface area contributed by atoms with E-state index in [1.54, 1.807) is 0 Å². The second-order valence-corrected chi connectivity index (χ2v) is 3.79. The van der Waals surface area contributed by atoms with Gasteiger partial charge in [-0.25, -0.2) is 0 Å². The summed E-state index contributed by atoms with van der Waals surface area (Å²) in [7, 11) is 0. The summed E-state index contributed by atoms with van der Waals surface area (Å²) in [4.78, 5) is 0. The molecule has 1 aromatic heterocycles. The first-order valence-corrected chi connectivity index (χ1v) is 4.91. The number of hydrogen-bond acceptors (Lipinski definition) is 2. The number of aromatic amines is 1. The molecule has 0 saturated heterocycles. The molecule has 0 aliphatic heterocycles. The number of benzene rings is 1. The topological polar surface area (TPSA) is 40.7 Å². The summed E-state index contributed by atoms with van der Waals surface area (Å²) in [5, 5.41) is 11.6. The van der Waals surface area contributed by atoms with Crippen LogP contribution < -0.4 is 5.32 Å². The van der Waals surface area contributed by atoms with Crippen LogP contribution in [-0.2, 0) is 6.54 Å². The Morgan fingerprint density at radius 3 is 3.07 bits per heavy atom. The molecule has 14 heavy (non-hydrogen) atoms. The van der Waals surface area contributed by atoms with Crippen molar-refractivity contribution < 1.29 is 0 Å². The third-order valence-corrected chi connectivity index (χ3v) is 2.26. The van der Waals surface area contributed by atoms with Gasteiger partial charge in [0.25, 0.3) is 0 Å². The Morgan fingerprint density at radius 2 is 2.29 bits per heavy atom. The molecule has 2 rings (SSSR count). The van der Waals surface area contributed by atoms with Crippen LogP contribution in [0.4, 0.5) is 0 Å². The number of aromatic nitrogens is 2. The highest BCUT2D eigenvalue weighted by molar-refractivity contribution is 5.81. The molecule has 3 heteroatoms. The number of nitrogens with one attached hydrogen (secondary N) is 2. The molecule has 2 aromatic rings. The van der Waals surface area contributed by atoms with E-state index >= 15 is 0 Å². The Morgan fingerprint density at radius 1 is 1.43 bits per heavy atom. The maximum atomic E-state index is 4.04. The van der Waals surface area contributed by atoms with Gasteiger partial charge in [-0.05, 0) is 5.56 Å². The van der Waals surface area contributed by atoms with Crippen molar-refractivity contribution in [1.82, 2.24) is 15.5 Å². The predicted molar refractivity (Wildman–Crippen MR) is 58.1 cm³/mol. The number of nitrogens with zero attached hydrogens (tertiary/aromatic N) is 1. The van der Waals surface area contributed by atoms with E-state index in [2.05, 4.69) is 47.6 Å². The van der Waals surface area contributed by atoms with Crippen molar-refractivity contribution in [1.29, 1.82) is 0 Å². The van der Waals surface area contributed by atoms with E-state index in [0.29, 0.717) is 6.04 Å². The maximum absolute atomic E-state index is 4.04. The summed E-state index contributed by atoms with van der Waals surface area (Å²) in [5.74, 6) is 0. The zero-order valence-corrected chi connectivity index (χ0v) is 8.54. The van der Waals surface area contributed by atoms with E-state index in [-0.39, 0.29) is 0 Å². The fraction of sp³-hybridized carbons (Fsp3) is 0.364. The molecule has 0 bridgehead atoms. The molecule has 74 valence electrons.